The molecule has 2 aliphatic rings. The molecule has 0 unspecified atom stereocenters. The summed E-state index contributed by atoms with van der Waals surface area (Å²) in [4.78, 5) is 31.4. The van der Waals surface area contributed by atoms with Gasteiger partial charge < -0.3 is 10.2 Å². The molecular weight excluding hydrogens is 364 g/mol. The first-order chi connectivity index (χ1) is 13.9. The Labute approximate surface area is 170 Å². The van der Waals surface area contributed by atoms with Crippen LogP contribution in [0.3, 0.4) is 0 Å². The van der Waals surface area contributed by atoms with Crippen molar-refractivity contribution in [2.75, 3.05) is 10.2 Å². The van der Waals surface area contributed by atoms with Crippen LogP contribution in [0.25, 0.3) is 0 Å². The highest BCUT2D eigenvalue weighted by atomic mass is 16.2. The van der Waals surface area contributed by atoms with Crippen LogP contribution < -0.4 is 10.2 Å². The van der Waals surface area contributed by atoms with Gasteiger partial charge in [0.1, 0.15) is 11.6 Å². The van der Waals surface area contributed by atoms with Crippen LogP contribution in [0.5, 0.6) is 0 Å². The van der Waals surface area contributed by atoms with Crippen LogP contribution in [0.2, 0.25) is 0 Å². The molecule has 6 nitrogen and oxygen atoms in total. The quantitative estimate of drug-likeness (QED) is 0.832. The van der Waals surface area contributed by atoms with Crippen molar-refractivity contribution >= 4 is 28.9 Å². The molecule has 29 heavy (non-hydrogen) atoms. The van der Waals surface area contributed by atoms with Crippen LogP contribution in [-0.4, -0.2) is 16.7 Å². The minimum absolute atomic E-state index is 0.0316. The van der Waals surface area contributed by atoms with Gasteiger partial charge in [-0.3, -0.25) is 9.59 Å². The number of benzene rings is 1. The predicted octanol–water partition coefficient (Wildman–Crippen LogP) is 4.23. The molecule has 0 atom stereocenters. The lowest BCUT2D eigenvalue weighted by atomic mass is 9.85. The topological polar surface area (TPSA) is 86.1 Å². The zero-order valence-corrected chi connectivity index (χ0v) is 16.7. The van der Waals surface area contributed by atoms with E-state index in [0.29, 0.717) is 32.2 Å². The van der Waals surface area contributed by atoms with Crippen LogP contribution in [0.1, 0.15) is 50.7 Å². The summed E-state index contributed by atoms with van der Waals surface area (Å²) < 4.78 is 0. The summed E-state index contributed by atoms with van der Waals surface area (Å²) in [7, 11) is 0. The zero-order valence-electron chi connectivity index (χ0n) is 16.7. The maximum Gasteiger partial charge on any atom is 0.230 e. The monoisotopic (exact) mass is 388 g/mol. The number of carbonyl (C=O) groups is 2. The van der Waals surface area contributed by atoms with Crippen LogP contribution in [-0.2, 0) is 21.5 Å². The second kappa shape index (κ2) is 7.32. The molecule has 2 aromatic rings. The Kier molecular flexibility index (Phi) is 4.83. The van der Waals surface area contributed by atoms with E-state index in [-0.39, 0.29) is 17.6 Å². The van der Waals surface area contributed by atoms with Crippen LogP contribution >= 0.6 is 0 Å². The Balaban J connectivity index is 1.79. The molecule has 1 N–H and O–H groups in total. The SMILES string of the molecule is CC(C)(C#N)c1ccc2c(c1)N(C(=O)C1CCC(=O)CC1)Cc1cccnc1N2. The van der Waals surface area contributed by atoms with Crippen molar-refractivity contribution in [3.63, 3.8) is 0 Å². The summed E-state index contributed by atoms with van der Waals surface area (Å²) in [5.74, 6) is 0.838. The number of anilines is 3. The lowest BCUT2D eigenvalue weighted by Crippen LogP contribution is -2.37. The zero-order chi connectivity index (χ0) is 20.6. The first-order valence-electron chi connectivity index (χ1n) is 9.99. The van der Waals surface area contributed by atoms with Gasteiger partial charge in [0.2, 0.25) is 5.91 Å². The van der Waals surface area contributed by atoms with E-state index < -0.39 is 5.41 Å². The number of Topliss-reactive ketones (excluding diaryl/α,β-unsaturated/α-hetero) is 1. The van der Waals surface area contributed by atoms with Gasteiger partial charge in [-0.05, 0) is 50.5 Å². The lowest BCUT2D eigenvalue weighted by Gasteiger charge is -2.30. The standard InChI is InChI=1S/C23H24N4O2/c1-23(2,14-24)17-7-10-19-20(12-17)27(13-16-4-3-11-25-21(16)26-19)22(29)15-5-8-18(28)9-6-15/h3-4,7,10-12,15H,5-6,8-9,13H2,1-2H3,(H,25,26). The smallest absolute Gasteiger partial charge is 0.230 e. The van der Waals surface area contributed by atoms with Gasteiger partial charge in [0, 0.05) is 30.5 Å². The van der Waals surface area contributed by atoms with E-state index in [1.54, 1.807) is 11.1 Å². The fourth-order valence-electron chi connectivity index (χ4n) is 3.98. The largest absolute Gasteiger partial charge is 0.338 e. The minimum Gasteiger partial charge on any atom is -0.338 e. The third kappa shape index (κ3) is 3.61. The molecule has 0 bridgehead atoms. The molecule has 2 heterocycles. The number of amides is 1. The van der Waals surface area contributed by atoms with Gasteiger partial charge in [-0.15, -0.1) is 0 Å². The molecule has 148 valence electrons. The maximum absolute atomic E-state index is 13.5. The number of nitriles is 1. The Morgan fingerprint density at radius 1 is 1.28 bits per heavy atom. The molecule has 1 aromatic heterocycles. The third-order valence-electron chi connectivity index (χ3n) is 5.92. The Morgan fingerprint density at radius 2 is 2.03 bits per heavy atom. The minimum atomic E-state index is -0.668. The average molecular weight is 388 g/mol. The number of pyridine rings is 1. The summed E-state index contributed by atoms with van der Waals surface area (Å²) in [6.07, 6.45) is 3.85. The van der Waals surface area contributed by atoms with Crippen molar-refractivity contribution in [1.29, 1.82) is 5.26 Å². The number of carbonyl (C=O) groups excluding carboxylic acids is 2. The summed E-state index contributed by atoms with van der Waals surface area (Å²) in [5.41, 5.74) is 2.67. The molecule has 1 amide bonds. The number of hydrogen-bond acceptors (Lipinski definition) is 5. The first kappa shape index (κ1) is 19.1. The van der Waals surface area contributed by atoms with E-state index in [4.69, 9.17) is 0 Å². The lowest BCUT2D eigenvalue weighted by molar-refractivity contribution is -0.126. The van der Waals surface area contributed by atoms with Crippen LogP contribution in [0.15, 0.2) is 36.5 Å². The van der Waals surface area contributed by atoms with Crippen LogP contribution in [0.4, 0.5) is 17.2 Å². The number of nitrogens with zero attached hydrogens (tertiary/aromatic N) is 3. The van der Waals surface area contributed by atoms with E-state index in [1.165, 1.54) is 0 Å². The maximum atomic E-state index is 13.5. The highest BCUT2D eigenvalue weighted by molar-refractivity contribution is 6.00. The fraction of sp³-hybridized carbons (Fsp3) is 0.391. The van der Waals surface area contributed by atoms with E-state index in [1.807, 2.05) is 44.2 Å². The third-order valence-corrected chi connectivity index (χ3v) is 5.92. The predicted molar refractivity (Wildman–Crippen MR) is 111 cm³/mol. The van der Waals surface area contributed by atoms with Crippen molar-refractivity contribution in [2.24, 2.45) is 5.92 Å². The molecule has 1 fully saturated rings. The number of aromatic nitrogens is 1. The molecular formula is C23H24N4O2. The molecule has 1 saturated carbocycles. The first-order valence-corrected chi connectivity index (χ1v) is 9.99. The van der Waals surface area contributed by atoms with Gasteiger partial charge in [-0.25, -0.2) is 4.98 Å². The molecule has 1 aliphatic heterocycles. The fourth-order valence-corrected chi connectivity index (χ4v) is 3.98. The highest BCUT2D eigenvalue weighted by Crippen LogP contribution is 2.39. The molecule has 4 rings (SSSR count). The number of fused-ring (bicyclic) bond motifs is 2. The van der Waals surface area contributed by atoms with Gasteiger partial charge in [0.05, 0.1) is 29.4 Å². The van der Waals surface area contributed by atoms with Gasteiger partial charge in [-0.2, -0.15) is 5.26 Å². The molecule has 0 saturated heterocycles. The average Bonchev–Trinajstić information content (AvgIpc) is 2.90. The van der Waals surface area contributed by atoms with Crippen molar-refractivity contribution in [3.05, 3.63) is 47.7 Å². The summed E-state index contributed by atoms with van der Waals surface area (Å²) in [6.45, 7) is 4.14. The summed E-state index contributed by atoms with van der Waals surface area (Å²) in [5, 5.41) is 12.9. The molecule has 0 spiro atoms. The van der Waals surface area contributed by atoms with Crippen molar-refractivity contribution in [3.8, 4) is 6.07 Å². The number of hydrogen-bond donors (Lipinski definition) is 1. The molecule has 1 aliphatic carbocycles. The summed E-state index contributed by atoms with van der Waals surface area (Å²) in [6, 6.07) is 11.9. The van der Waals surface area contributed by atoms with Crippen LogP contribution in [0, 0.1) is 17.2 Å². The Bertz CT molecular complexity index is 1010. The van der Waals surface area contributed by atoms with E-state index >= 15 is 0 Å². The van der Waals surface area contributed by atoms with Crippen molar-refractivity contribution in [2.45, 2.75) is 51.5 Å². The molecule has 1 aromatic carbocycles. The van der Waals surface area contributed by atoms with Gasteiger partial charge in [-0.1, -0.05) is 12.1 Å². The number of ketones is 1. The summed E-state index contributed by atoms with van der Waals surface area (Å²) >= 11 is 0. The molecule has 6 heteroatoms. The molecule has 0 radical (unpaired) electrons. The van der Waals surface area contributed by atoms with Gasteiger partial charge in [0.15, 0.2) is 0 Å². The van der Waals surface area contributed by atoms with Gasteiger partial charge in [0.25, 0.3) is 0 Å². The Hall–Kier alpha value is -3.20. The normalized spacial score (nSPS) is 16.9. The Morgan fingerprint density at radius 3 is 2.76 bits per heavy atom. The second-order valence-electron chi connectivity index (χ2n) is 8.34. The van der Waals surface area contributed by atoms with E-state index in [2.05, 4.69) is 16.4 Å². The van der Waals surface area contributed by atoms with E-state index in [9.17, 15) is 14.9 Å². The second-order valence-corrected chi connectivity index (χ2v) is 8.34. The number of rotatable bonds is 2. The van der Waals surface area contributed by atoms with Gasteiger partial charge >= 0.3 is 0 Å². The van der Waals surface area contributed by atoms with E-state index in [0.717, 1.165) is 28.3 Å². The highest BCUT2D eigenvalue weighted by Gasteiger charge is 2.33. The van der Waals surface area contributed by atoms with Crippen molar-refractivity contribution in [1.82, 2.24) is 4.98 Å². The number of nitrogens with one attached hydrogen (secondary N) is 1. The van der Waals surface area contributed by atoms with Crippen molar-refractivity contribution < 1.29 is 9.59 Å².